The number of amides is 2. The van der Waals surface area contributed by atoms with E-state index in [4.69, 9.17) is 23.7 Å². The predicted molar refractivity (Wildman–Crippen MR) is 218 cm³/mol. The third-order valence-corrected chi connectivity index (χ3v) is 10.5. The number of allylic oxidation sites excluding steroid dienone is 1. The number of likely N-dealkylation sites (N-methyl/N-ethyl adjacent to an activating group) is 1. The van der Waals surface area contributed by atoms with E-state index in [1.54, 1.807) is 19.1 Å². The van der Waals surface area contributed by atoms with E-state index in [0.717, 1.165) is 28.8 Å². The summed E-state index contributed by atoms with van der Waals surface area (Å²) in [6.07, 6.45) is 7.20. The first-order valence-electron chi connectivity index (χ1n) is 19.3. The lowest BCUT2D eigenvalue weighted by Gasteiger charge is -2.31. The Hall–Kier alpha value is -4.41. The van der Waals surface area contributed by atoms with E-state index in [1.807, 2.05) is 74.4 Å². The molecule has 4 rings (SSSR count). The molecule has 58 heavy (non-hydrogen) atoms. The molecule has 0 spiro atoms. The maximum atomic E-state index is 13.4. The fourth-order valence-corrected chi connectivity index (χ4v) is 6.91. The van der Waals surface area contributed by atoms with Crippen molar-refractivity contribution in [1.82, 2.24) is 15.5 Å². The van der Waals surface area contributed by atoms with Gasteiger partial charge in [-0.25, -0.2) is 14.1 Å². The number of nitrogens with one attached hydrogen (secondary N) is 2. The highest BCUT2D eigenvalue weighted by atomic mass is 31.2. The average molecular weight is 831 g/mol. The monoisotopic (exact) mass is 830 g/mol. The second-order valence-electron chi connectivity index (χ2n) is 13.8. The van der Waals surface area contributed by atoms with Crippen LogP contribution in [0, 0.1) is 0 Å². The molecule has 0 bridgehead atoms. The molecule has 1 aliphatic heterocycles. The van der Waals surface area contributed by atoms with E-state index in [0.29, 0.717) is 49.6 Å². The van der Waals surface area contributed by atoms with Crippen LogP contribution in [-0.4, -0.2) is 134 Å². The van der Waals surface area contributed by atoms with Crippen LogP contribution >= 0.6 is 8.03 Å². The fourth-order valence-electron chi connectivity index (χ4n) is 6.05. The number of benzene rings is 2. The van der Waals surface area contributed by atoms with Gasteiger partial charge in [0.25, 0.3) is 13.9 Å². The topological polar surface area (TPSA) is 180 Å². The number of anilines is 1. The van der Waals surface area contributed by atoms with E-state index in [9.17, 15) is 28.6 Å². The Bertz CT molecular complexity index is 1800. The molecule has 0 radical (unpaired) electrons. The smallest absolute Gasteiger partial charge is 0.407 e. The summed E-state index contributed by atoms with van der Waals surface area (Å²) in [5, 5.41) is 15.9. The van der Waals surface area contributed by atoms with Crippen molar-refractivity contribution in [2.24, 2.45) is 0 Å². The zero-order chi connectivity index (χ0) is 42.1. The summed E-state index contributed by atoms with van der Waals surface area (Å²) in [5.41, 5.74) is 3.90. The molecular formula is C41H56FN4O11P. The number of carboxylic acids is 1. The van der Waals surface area contributed by atoms with E-state index >= 15 is 0 Å². The molecule has 318 valence electrons. The van der Waals surface area contributed by atoms with Crippen molar-refractivity contribution in [1.29, 1.82) is 0 Å². The van der Waals surface area contributed by atoms with Gasteiger partial charge in [-0.2, -0.15) is 0 Å². The average Bonchev–Trinajstić information content (AvgIpc) is 3.19. The maximum Gasteiger partial charge on any atom is 0.407 e. The van der Waals surface area contributed by atoms with Gasteiger partial charge in [0.05, 0.1) is 51.8 Å². The Kier molecular flexibility index (Phi) is 18.6. The van der Waals surface area contributed by atoms with Crippen LogP contribution < -0.4 is 25.2 Å². The summed E-state index contributed by atoms with van der Waals surface area (Å²) >= 11 is 0. The van der Waals surface area contributed by atoms with Gasteiger partial charge < -0.3 is 49.2 Å². The number of carbonyl (C=O) groups excluding carboxylic acids is 2. The predicted octanol–water partition coefficient (Wildman–Crippen LogP) is 4.83. The number of unbranched alkanes of at least 4 members (excludes halogenated alkanes) is 2. The first kappa shape index (κ1) is 46.3. The number of hydrogen-bond acceptors (Lipinski definition) is 12. The lowest BCUT2D eigenvalue weighted by molar-refractivity contribution is -0.206. The van der Waals surface area contributed by atoms with E-state index in [-0.39, 0.29) is 75.5 Å². The molecule has 0 fully saturated rings. The molecule has 1 heterocycles. The SMILES string of the molecule is CCO[P+]([O-])(F)CCOCCOCCOCCOC(=O)NCCCCCNC(=O)c1ccc(C2=C3C=CC(N(C)C)C=C3Oc3cc(N(C)C)ccc32)c(C(=O)O)c1. The first-order chi connectivity index (χ1) is 27.8. The van der Waals surface area contributed by atoms with Gasteiger partial charge in [0.1, 0.15) is 24.3 Å². The van der Waals surface area contributed by atoms with Gasteiger partial charge in [-0.3, -0.25) is 9.69 Å². The van der Waals surface area contributed by atoms with Gasteiger partial charge in [-0.05, 0) is 80.4 Å². The molecule has 2 unspecified atom stereocenters. The third-order valence-electron chi connectivity index (χ3n) is 9.10. The Labute approximate surface area is 340 Å². The summed E-state index contributed by atoms with van der Waals surface area (Å²) in [6, 6.07) is 10.6. The molecule has 0 aromatic heterocycles. The standard InChI is InChI=1S/C41H56FN4O11P/c1-6-56-58(42,51)25-24-54-21-20-52-18-19-53-22-23-55-41(50)44-17-9-7-8-16-43-39(47)29-10-13-32(35(26-29)40(48)49)38-33-14-11-30(45(2)3)27-36(33)57-37-28-31(46(4)5)12-15-34(37)38/h10-15,26-28,30H,6-9,16-25H2,1-5H3,(H,43,47)(H,44,50)(H,48,49). The number of nitrogens with zero attached hydrogens (tertiary/aromatic N) is 2. The fraction of sp³-hybridized carbons (Fsp3) is 0.488. The van der Waals surface area contributed by atoms with Gasteiger partial charge in [0.15, 0.2) is 0 Å². The maximum absolute atomic E-state index is 13.4. The van der Waals surface area contributed by atoms with Crippen LogP contribution in [-0.2, 0) is 23.5 Å². The molecule has 2 aliphatic rings. The van der Waals surface area contributed by atoms with Gasteiger partial charge in [0.2, 0.25) is 0 Å². The van der Waals surface area contributed by atoms with Crippen LogP contribution in [0.1, 0.15) is 58.0 Å². The largest absolute Gasteiger partial charge is 0.627 e. The number of hydrogen-bond donors (Lipinski definition) is 3. The number of aromatic carboxylic acids is 1. The van der Waals surface area contributed by atoms with Crippen LogP contribution in [0.2, 0.25) is 0 Å². The highest BCUT2D eigenvalue weighted by Gasteiger charge is 2.31. The number of carboxylic acid groups (broad SMARTS) is 1. The molecule has 0 saturated heterocycles. The molecular weight excluding hydrogens is 774 g/mol. The summed E-state index contributed by atoms with van der Waals surface area (Å²) in [7, 11) is 3.75. The minimum atomic E-state index is -4.08. The van der Waals surface area contributed by atoms with Crippen LogP contribution in [0.3, 0.4) is 0 Å². The quantitative estimate of drug-likeness (QED) is 0.0916. The Balaban J connectivity index is 1.16. The Morgan fingerprint density at radius 1 is 0.879 bits per heavy atom. The van der Waals surface area contributed by atoms with Gasteiger partial charge in [-0.15, -0.1) is 0 Å². The molecule has 1 aliphatic carbocycles. The Morgan fingerprint density at radius 2 is 1.53 bits per heavy atom. The van der Waals surface area contributed by atoms with Crippen LogP contribution in [0.5, 0.6) is 5.75 Å². The number of rotatable bonds is 25. The van der Waals surface area contributed by atoms with E-state index < -0.39 is 20.1 Å². The van der Waals surface area contributed by atoms with E-state index in [1.165, 1.54) is 6.07 Å². The summed E-state index contributed by atoms with van der Waals surface area (Å²) in [4.78, 5) is 53.1. The minimum Gasteiger partial charge on any atom is -0.627 e. The normalized spacial score (nSPS) is 15.5. The van der Waals surface area contributed by atoms with Crippen molar-refractivity contribution < 1.29 is 56.8 Å². The molecule has 2 amide bonds. The van der Waals surface area contributed by atoms with Crippen LogP contribution in [0.25, 0.3) is 5.57 Å². The van der Waals surface area contributed by atoms with Crippen LogP contribution in [0.4, 0.5) is 14.7 Å². The first-order valence-corrected chi connectivity index (χ1v) is 21.0. The van der Waals surface area contributed by atoms with Crippen molar-refractivity contribution in [3.63, 3.8) is 0 Å². The van der Waals surface area contributed by atoms with E-state index in [2.05, 4.69) is 15.2 Å². The van der Waals surface area contributed by atoms with Gasteiger partial charge in [-0.1, -0.05) is 18.2 Å². The molecule has 2 atom stereocenters. The molecule has 2 aromatic carbocycles. The second-order valence-corrected chi connectivity index (χ2v) is 15.7. The lowest BCUT2D eigenvalue weighted by Crippen LogP contribution is -2.28. The van der Waals surface area contributed by atoms with Gasteiger partial charge in [0, 0.05) is 67.3 Å². The number of ether oxygens (including phenoxy) is 5. The zero-order valence-electron chi connectivity index (χ0n) is 33.9. The summed E-state index contributed by atoms with van der Waals surface area (Å²) in [5.74, 6) is -0.276. The van der Waals surface area contributed by atoms with Crippen molar-refractivity contribution >= 4 is 37.3 Å². The summed E-state index contributed by atoms with van der Waals surface area (Å²) in [6.45, 7) is 3.68. The summed E-state index contributed by atoms with van der Waals surface area (Å²) < 4.78 is 45.3. The second kappa shape index (κ2) is 23.2. The Morgan fingerprint density at radius 3 is 2.19 bits per heavy atom. The highest BCUT2D eigenvalue weighted by molar-refractivity contribution is 7.58. The van der Waals surface area contributed by atoms with Gasteiger partial charge >= 0.3 is 12.1 Å². The highest BCUT2D eigenvalue weighted by Crippen LogP contribution is 2.52. The third kappa shape index (κ3) is 14.2. The number of fused-ring (bicyclic) bond motifs is 2. The molecule has 17 heteroatoms. The number of alkyl carbamates (subject to hydrolysis) is 1. The molecule has 3 N–H and O–H groups in total. The number of carbonyl (C=O) groups is 3. The molecule has 15 nitrogen and oxygen atoms in total. The lowest BCUT2D eigenvalue weighted by atomic mass is 9.84. The molecule has 2 aromatic rings. The minimum absolute atomic E-state index is 0.0000182. The van der Waals surface area contributed by atoms with Crippen molar-refractivity contribution in [2.45, 2.75) is 32.2 Å². The zero-order valence-corrected chi connectivity index (χ0v) is 34.8. The number of halogens is 1. The van der Waals surface area contributed by atoms with Crippen molar-refractivity contribution in [3.05, 3.63) is 88.2 Å². The van der Waals surface area contributed by atoms with Crippen LogP contribution in [0.15, 0.2) is 66.0 Å². The van der Waals surface area contributed by atoms with Crippen molar-refractivity contribution in [3.8, 4) is 5.75 Å². The van der Waals surface area contributed by atoms with Crippen molar-refractivity contribution in [2.75, 3.05) is 105 Å². The molecule has 0 saturated carbocycles.